The summed E-state index contributed by atoms with van der Waals surface area (Å²) in [5.41, 5.74) is 0.963. The number of rotatable bonds is 3. The highest BCUT2D eigenvalue weighted by Crippen LogP contribution is 2.25. The summed E-state index contributed by atoms with van der Waals surface area (Å²) in [6, 6.07) is 7.68. The molecule has 0 bridgehead atoms. The van der Waals surface area contributed by atoms with Gasteiger partial charge in [-0.1, -0.05) is 23.5 Å². The smallest absolute Gasteiger partial charge is 0.244 e. The van der Waals surface area contributed by atoms with Crippen LogP contribution in [0.25, 0.3) is 10.2 Å². The van der Waals surface area contributed by atoms with Crippen LogP contribution >= 0.6 is 11.3 Å². The minimum absolute atomic E-state index is 0.0456. The highest BCUT2D eigenvalue weighted by atomic mass is 32.1. The molecule has 0 radical (unpaired) electrons. The molecule has 2 rings (SSSR count). The first kappa shape index (κ1) is 11.9. The van der Waals surface area contributed by atoms with Crippen LogP contribution in [0.5, 0.6) is 0 Å². The minimum atomic E-state index is -0.259. The average Bonchev–Trinajstić information content (AvgIpc) is 2.69. The number of fused-ring (bicyclic) bond motifs is 1. The van der Waals surface area contributed by atoms with Crippen molar-refractivity contribution in [2.75, 3.05) is 19.4 Å². The van der Waals surface area contributed by atoms with Gasteiger partial charge in [0.1, 0.15) is 6.04 Å². The summed E-state index contributed by atoms with van der Waals surface area (Å²) in [5, 5.41) is 3.91. The minimum Gasteiger partial charge on any atom is -0.350 e. The van der Waals surface area contributed by atoms with Crippen LogP contribution in [0.4, 0.5) is 5.13 Å². The maximum absolute atomic E-state index is 11.7. The molecule has 0 saturated heterocycles. The number of likely N-dealkylation sites (N-methyl/N-ethyl adjacent to an activating group) is 1. The topological polar surface area (TPSA) is 45.2 Å². The fraction of sp³-hybridized carbons (Fsp3) is 0.333. The zero-order chi connectivity index (χ0) is 12.4. The number of hydrogen-bond acceptors (Lipinski definition) is 4. The Morgan fingerprint density at radius 1 is 1.41 bits per heavy atom. The number of para-hydroxylation sites is 1. The summed E-state index contributed by atoms with van der Waals surface area (Å²) < 4.78 is 1.12. The summed E-state index contributed by atoms with van der Waals surface area (Å²) in [4.78, 5) is 17.7. The van der Waals surface area contributed by atoms with Crippen molar-refractivity contribution in [2.24, 2.45) is 0 Å². The fourth-order valence-corrected chi connectivity index (χ4v) is 2.52. The van der Waals surface area contributed by atoms with Crippen LogP contribution in [0.2, 0.25) is 0 Å². The number of anilines is 1. The SMILES string of the molecule is CC(Nc1nc2ccccc2s1)C(=O)N(C)C. The van der Waals surface area contributed by atoms with Crippen LogP contribution < -0.4 is 5.32 Å². The van der Waals surface area contributed by atoms with Crippen molar-refractivity contribution in [2.45, 2.75) is 13.0 Å². The fourth-order valence-electron chi connectivity index (χ4n) is 1.57. The number of benzene rings is 1. The first-order valence-electron chi connectivity index (χ1n) is 5.41. The molecule has 1 unspecified atom stereocenters. The number of aromatic nitrogens is 1. The van der Waals surface area contributed by atoms with E-state index < -0.39 is 0 Å². The molecule has 1 amide bonds. The maximum Gasteiger partial charge on any atom is 0.244 e. The molecule has 0 spiro atoms. The molecule has 0 saturated carbocycles. The summed E-state index contributed by atoms with van der Waals surface area (Å²) in [5.74, 6) is 0.0456. The number of carbonyl (C=O) groups is 1. The van der Waals surface area contributed by atoms with Crippen LogP contribution in [0, 0.1) is 0 Å². The molecule has 2 aromatic rings. The Labute approximate surface area is 104 Å². The van der Waals surface area contributed by atoms with Crippen molar-refractivity contribution in [3.8, 4) is 0 Å². The number of carbonyl (C=O) groups excluding carboxylic acids is 1. The van der Waals surface area contributed by atoms with E-state index in [4.69, 9.17) is 0 Å². The zero-order valence-electron chi connectivity index (χ0n) is 10.1. The Morgan fingerprint density at radius 2 is 2.12 bits per heavy atom. The molecule has 1 heterocycles. The van der Waals surface area contributed by atoms with Crippen molar-refractivity contribution >= 4 is 32.6 Å². The van der Waals surface area contributed by atoms with Gasteiger partial charge in [-0.3, -0.25) is 4.79 Å². The molecule has 4 nitrogen and oxygen atoms in total. The van der Waals surface area contributed by atoms with Crippen LogP contribution in [-0.4, -0.2) is 35.9 Å². The van der Waals surface area contributed by atoms with Crippen LogP contribution in [-0.2, 0) is 4.79 Å². The number of thiazole rings is 1. The molecule has 1 atom stereocenters. The summed E-state index contributed by atoms with van der Waals surface area (Å²) >= 11 is 1.56. The zero-order valence-corrected chi connectivity index (χ0v) is 10.9. The molecule has 90 valence electrons. The first-order chi connectivity index (χ1) is 8.08. The van der Waals surface area contributed by atoms with E-state index in [0.717, 1.165) is 15.3 Å². The molecule has 1 aromatic carbocycles. The van der Waals surface area contributed by atoms with Gasteiger partial charge in [0.25, 0.3) is 0 Å². The Kier molecular flexibility index (Phi) is 3.28. The van der Waals surface area contributed by atoms with Crippen LogP contribution in [0.3, 0.4) is 0 Å². The lowest BCUT2D eigenvalue weighted by atomic mass is 10.3. The van der Waals surface area contributed by atoms with Crippen molar-refractivity contribution in [3.05, 3.63) is 24.3 Å². The molecule has 0 aliphatic rings. The predicted octanol–water partition coefficient (Wildman–Crippen LogP) is 2.18. The third kappa shape index (κ3) is 2.55. The van der Waals surface area contributed by atoms with E-state index in [9.17, 15) is 4.79 Å². The van der Waals surface area contributed by atoms with E-state index >= 15 is 0 Å². The quantitative estimate of drug-likeness (QED) is 0.907. The summed E-state index contributed by atoms with van der Waals surface area (Å²) in [7, 11) is 3.50. The number of hydrogen-bond donors (Lipinski definition) is 1. The number of nitrogens with one attached hydrogen (secondary N) is 1. The monoisotopic (exact) mass is 249 g/mol. The van der Waals surface area contributed by atoms with E-state index in [1.54, 1.807) is 30.3 Å². The van der Waals surface area contributed by atoms with Crippen LogP contribution in [0.1, 0.15) is 6.92 Å². The van der Waals surface area contributed by atoms with Gasteiger partial charge in [-0.2, -0.15) is 0 Å². The molecule has 5 heteroatoms. The Balaban J connectivity index is 2.16. The summed E-state index contributed by atoms with van der Waals surface area (Å²) in [6.45, 7) is 1.84. The summed E-state index contributed by atoms with van der Waals surface area (Å²) in [6.07, 6.45) is 0. The molecule has 17 heavy (non-hydrogen) atoms. The van der Waals surface area contributed by atoms with E-state index in [1.807, 2.05) is 31.2 Å². The lowest BCUT2D eigenvalue weighted by Crippen LogP contribution is -2.36. The second kappa shape index (κ2) is 4.71. The lowest BCUT2D eigenvalue weighted by Gasteiger charge is -2.17. The van der Waals surface area contributed by atoms with E-state index in [1.165, 1.54) is 0 Å². The second-order valence-electron chi connectivity index (χ2n) is 4.09. The maximum atomic E-state index is 11.7. The second-order valence-corrected chi connectivity index (χ2v) is 5.12. The Hall–Kier alpha value is -1.62. The molecule has 0 aliphatic carbocycles. The Bertz CT molecular complexity index is 502. The van der Waals surface area contributed by atoms with Gasteiger partial charge in [0.05, 0.1) is 10.2 Å². The molecule has 0 fully saturated rings. The van der Waals surface area contributed by atoms with Crippen LogP contribution in [0.15, 0.2) is 24.3 Å². The van der Waals surface area contributed by atoms with Crippen molar-refractivity contribution < 1.29 is 4.79 Å². The van der Waals surface area contributed by atoms with Gasteiger partial charge in [-0.15, -0.1) is 0 Å². The molecule has 1 aromatic heterocycles. The van der Waals surface area contributed by atoms with Gasteiger partial charge in [0.15, 0.2) is 5.13 Å². The van der Waals surface area contributed by atoms with E-state index in [2.05, 4.69) is 10.3 Å². The van der Waals surface area contributed by atoms with Gasteiger partial charge in [-0.05, 0) is 19.1 Å². The number of amides is 1. The van der Waals surface area contributed by atoms with Gasteiger partial charge in [0.2, 0.25) is 5.91 Å². The number of nitrogens with zero attached hydrogens (tertiary/aromatic N) is 2. The van der Waals surface area contributed by atoms with E-state index in [0.29, 0.717) is 0 Å². The first-order valence-corrected chi connectivity index (χ1v) is 6.23. The molecular weight excluding hydrogens is 234 g/mol. The normalized spacial score (nSPS) is 12.4. The molecular formula is C12H15N3OS. The third-order valence-electron chi connectivity index (χ3n) is 2.45. The average molecular weight is 249 g/mol. The van der Waals surface area contributed by atoms with Crippen molar-refractivity contribution in [1.29, 1.82) is 0 Å². The van der Waals surface area contributed by atoms with Gasteiger partial charge in [0, 0.05) is 14.1 Å². The van der Waals surface area contributed by atoms with Crippen molar-refractivity contribution in [3.63, 3.8) is 0 Å². The van der Waals surface area contributed by atoms with Crippen molar-refractivity contribution in [1.82, 2.24) is 9.88 Å². The lowest BCUT2D eigenvalue weighted by molar-refractivity contribution is -0.129. The van der Waals surface area contributed by atoms with Gasteiger partial charge < -0.3 is 10.2 Å². The predicted molar refractivity (Wildman–Crippen MR) is 71.4 cm³/mol. The van der Waals surface area contributed by atoms with Gasteiger partial charge in [-0.25, -0.2) is 4.98 Å². The highest BCUT2D eigenvalue weighted by molar-refractivity contribution is 7.22. The standard InChI is InChI=1S/C12H15N3OS/c1-8(11(16)15(2)3)13-12-14-9-6-4-5-7-10(9)17-12/h4-8H,1-3H3,(H,13,14). The van der Waals surface area contributed by atoms with E-state index in [-0.39, 0.29) is 11.9 Å². The molecule has 0 aliphatic heterocycles. The molecule has 1 N–H and O–H groups in total. The van der Waals surface area contributed by atoms with Gasteiger partial charge >= 0.3 is 0 Å². The largest absolute Gasteiger partial charge is 0.350 e. The third-order valence-corrected chi connectivity index (χ3v) is 3.41. The Morgan fingerprint density at radius 3 is 2.76 bits per heavy atom. The highest BCUT2D eigenvalue weighted by Gasteiger charge is 2.15.